The fourth-order valence-electron chi connectivity index (χ4n) is 8.06. The topological polar surface area (TPSA) is 109 Å². The fourth-order valence-corrected chi connectivity index (χ4v) is 8.06. The molecule has 5 heterocycles. The molecule has 2 aromatic carbocycles. The van der Waals surface area contributed by atoms with E-state index in [1.807, 2.05) is 0 Å². The van der Waals surface area contributed by atoms with Crippen molar-refractivity contribution in [3.05, 3.63) is 88.4 Å². The molecule has 2 N–H and O–H groups in total. The monoisotopic (exact) mass is 734 g/mol. The van der Waals surface area contributed by atoms with Gasteiger partial charge >= 0.3 is 6.36 Å². The maximum atomic E-state index is 15.1. The average Bonchev–Trinajstić information content (AvgIpc) is 3.13. The number of hydrogen-bond acceptors (Lipinski definition) is 8. The number of imide groups is 1. The fraction of sp³-hybridized carbons (Fsp3) is 0.436. The second-order valence-corrected chi connectivity index (χ2v) is 14.4. The average molecular weight is 735 g/mol. The van der Waals surface area contributed by atoms with Gasteiger partial charge in [-0.1, -0.05) is 18.2 Å². The van der Waals surface area contributed by atoms with Crippen molar-refractivity contribution in [1.29, 1.82) is 0 Å². The lowest BCUT2D eigenvalue weighted by Crippen LogP contribution is -2.47. The third kappa shape index (κ3) is 8.54. The predicted molar refractivity (Wildman–Crippen MR) is 191 cm³/mol. The van der Waals surface area contributed by atoms with Crippen molar-refractivity contribution >= 4 is 28.3 Å². The Kier molecular flexibility index (Phi) is 10.5. The first-order chi connectivity index (χ1) is 25.4. The van der Waals surface area contributed by atoms with Crippen LogP contribution in [0.3, 0.4) is 0 Å². The summed E-state index contributed by atoms with van der Waals surface area (Å²) in [6.45, 7) is 4.05. The number of benzene rings is 2. The van der Waals surface area contributed by atoms with Crippen LogP contribution in [0.2, 0.25) is 0 Å². The van der Waals surface area contributed by atoms with Crippen LogP contribution < -0.4 is 20.9 Å². The predicted octanol–water partition coefficient (Wildman–Crippen LogP) is 5.98. The standard InChI is InChI=1S/C39H42F4N6O4/c1-47-23-32(30-8-13-44-20-31(30)38(47)52)26-2-3-28(35(18-26)53-39(41,42)43)22-49-16-11-25(12-17-49)24-9-14-48(15-10-24)21-27-4-5-29(19-33(27)40)45-34-6-7-36(50)46-37(34)51/h2-5,8,13,18-20,23-25,34,45H,6-7,9-12,14-17,21-22H2,1H3,(H,46,50,51). The molecule has 2 aromatic heterocycles. The first-order valence-electron chi connectivity index (χ1n) is 18.1. The number of amides is 2. The first-order valence-corrected chi connectivity index (χ1v) is 18.1. The lowest BCUT2D eigenvalue weighted by Gasteiger charge is -2.40. The number of carbonyl (C=O) groups is 2. The van der Waals surface area contributed by atoms with Crippen LogP contribution in [-0.4, -0.2) is 69.7 Å². The molecule has 14 heteroatoms. The van der Waals surface area contributed by atoms with Crippen LogP contribution in [-0.2, 0) is 29.7 Å². The number of alkyl halides is 3. The minimum Gasteiger partial charge on any atom is -0.405 e. The number of likely N-dealkylation sites (tertiary alicyclic amines) is 2. The van der Waals surface area contributed by atoms with Crippen LogP contribution in [0.1, 0.15) is 49.7 Å². The van der Waals surface area contributed by atoms with Crippen molar-refractivity contribution in [2.75, 3.05) is 31.5 Å². The summed E-state index contributed by atoms with van der Waals surface area (Å²) in [7, 11) is 1.60. The Morgan fingerprint density at radius 3 is 2.17 bits per heavy atom. The number of fused-ring (bicyclic) bond motifs is 1. The van der Waals surface area contributed by atoms with E-state index in [-0.39, 0.29) is 29.5 Å². The van der Waals surface area contributed by atoms with Gasteiger partial charge in [-0.25, -0.2) is 4.39 Å². The molecule has 3 fully saturated rings. The molecular weight excluding hydrogens is 692 g/mol. The van der Waals surface area contributed by atoms with Crippen LogP contribution in [0.5, 0.6) is 5.75 Å². The number of carbonyl (C=O) groups excluding carboxylic acids is 2. The molecule has 0 saturated carbocycles. The van der Waals surface area contributed by atoms with Crippen LogP contribution in [0.25, 0.3) is 21.9 Å². The van der Waals surface area contributed by atoms with Gasteiger partial charge in [0.05, 0.1) is 5.39 Å². The number of anilines is 1. The van der Waals surface area contributed by atoms with Crippen molar-refractivity contribution in [3.63, 3.8) is 0 Å². The second kappa shape index (κ2) is 15.3. The highest BCUT2D eigenvalue weighted by Gasteiger charge is 2.34. The number of pyridine rings is 2. The maximum absolute atomic E-state index is 15.1. The van der Waals surface area contributed by atoms with Gasteiger partial charge in [0.15, 0.2) is 0 Å². The molecule has 4 aromatic rings. The Hall–Kier alpha value is -4.82. The van der Waals surface area contributed by atoms with E-state index in [1.165, 1.54) is 22.9 Å². The van der Waals surface area contributed by atoms with Gasteiger partial charge in [-0.2, -0.15) is 0 Å². The highest BCUT2D eigenvalue weighted by Crippen LogP contribution is 2.37. The van der Waals surface area contributed by atoms with Gasteiger partial charge in [-0.3, -0.25) is 34.5 Å². The van der Waals surface area contributed by atoms with E-state index < -0.39 is 18.3 Å². The van der Waals surface area contributed by atoms with E-state index in [2.05, 4.69) is 30.2 Å². The molecule has 53 heavy (non-hydrogen) atoms. The van der Waals surface area contributed by atoms with Crippen LogP contribution in [0.4, 0.5) is 23.2 Å². The van der Waals surface area contributed by atoms with Crippen molar-refractivity contribution in [2.45, 2.75) is 64.0 Å². The smallest absolute Gasteiger partial charge is 0.405 e. The van der Waals surface area contributed by atoms with Crippen molar-refractivity contribution in [3.8, 4) is 16.9 Å². The minimum absolute atomic E-state index is 0.241. The SMILES string of the molecule is Cn1cc(-c2ccc(CN3CCC(C4CCN(Cc5ccc(NC6CCC(=O)NC6=O)cc5F)CC4)CC3)c(OC(F)(F)F)c2)c2ccncc2c1=O. The molecule has 3 aliphatic rings. The molecule has 10 nitrogen and oxygen atoms in total. The van der Waals surface area contributed by atoms with Gasteiger partial charge in [0.2, 0.25) is 11.8 Å². The Bertz CT molecular complexity index is 2050. The summed E-state index contributed by atoms with van der Waals surface area (Å²) >= 11 is 0. The zero-order valence-corrected chi connectivity index (χ0v) is 29.4. The highest BCUT2D eigenvalue weighted by atomic mass is 19.4. The number of piperidine rings is 3. The van der Waals surface area contributed by atoms with Gasteiger partial charge in [0.25, 0.3) is 5.56 Å². The first kappa shape index (κ1) is 36.5. The zero-order chi connectivity index (χ0) is 37.3. The van der Waals surface area contributed by atoms with Crippen LogP contribution >= 0.6 is 0 Å². The molecule has 3 aliphatic heterocycles. The largest absolute Gasteiger partial charge is 0.573 e. The van der Waals surface area contributed by atoms with Gasteiger partial charge in [-0.15, -0.1) is 13.2 Å². The third-order valence-electron chi connectivity index (χ3n) is 10.9. The number of nitrogens with zero attached hydrogens (tertiary/aromatic N) is 4. The molecule has 3 saturated heterocycles. The van der Waals surface area contributed by atoms with E-state index in [4.69, 9.17) is 0 Å². The summed E-state index contributed by atoms with van der Waals surface area (Å²) in [6.07, 6.45) is 4.28. The zero-order valence-electron chi connectivity index (χ0n) is 29.4. The summed E-state index contributed by atoms with van der Waals surface area (Å²) in [5, 5.41) is 6.31. The van der Waals surface area contributed by atoms with E-state index >= 15 is 4.39 Å². The van der Waals surface area contributed by atoms with Crippen LogP contribution in [0.15, 0.2) is 65.8 Å². The molecule has 0 bridgehead atoms. The number of ether oxygens (including phenoxy) is 1. The number of nitrogens with one attached hydrogen (secondary N) is 2. The van der Waals surface area contributed by atoms with Crippen molar-refractivity contribution in [1.82, 2.24) is 24.7 Å². The minimum atomic E-state index is -4.87. The lowest BCUT2D eigenvalue weighted by molar-refractivity contribution is -0.275. The molecule has 280 valence electrons. The summed E-state index contributed by atoms with van der Waals surface area (Å²) in [6, 6.07) is 10.9. The second-order valence-electron chi connectivity index (χ2n) is 14.4. The van der Waals surface area contributed by atoms with Gasteiger partial charge < -0.3 is 14.6 Å². The molecule has 0 spiro atoms. The Morgan fingerprint density at radius 2 is 1.53 bits per heavy atom. The van der Waals surface area contributed by atoms with Crippen molar-refractivity contribution < 1.29 is 31.9 Å². The summed E-state index contributed by atoms with van der Waals surface area (Å²) < 4.78 is 61.9. The van der Waals surface area contributed by atoms with E-state index in [1.54, 1.807) is 49.8 Å². The van der Waals surface area contributed by atoms with Crippen molar-refractivity contribution in [2.24, 2.45) is 18.9 Å². The molecule has 0 aliphatic carbocycles. The molecule has 7 rings (SSSR count). The Labute approximate surface area is 304 Å². The number of rotatable bonds is 9. The molecule has 0 radical (unpaired) electrons. The highest BCUT2D eigenvalue weighted by molar-refractivity contribution is 6.01. The maximum Gasteiger partial charge on any atom is 0.573 e. The van der Waals surface area contributed by atoms with E-state index in [9.17, 15) is 27.6 Å². The van der Waals surface area contributed by atoms with Gasteiger partial charge in [-0.05, 0) is 105 Å². The van der Waals surface area contributed by atoms with E-state index in [0.717, 1.165) is 51.9 Å². The number of aromatic nitrogens is 2. The van der Waals surface area contributed by atoms with Crippen LogP contribution in [0, 0.1) is 17.7 Å². The third-order valence-corrected chi connectivity index (χ3v) is 10.9. The molecular formula is C39H42F4N6O4. The van der Waals surface area contributed by atoms with E-state index in [0.29, 0.717) is 70.1 Å². The summed E-state index contributed by atoms with van der Waals surface area (Å²) in [5.74, 6) is -0.239. The number of halogens is 4. The number of hydrogen-bond donors (Lipinski definition) is 2. The van der Waals surface area contributed by atoms with Gasteiger partial charge in [0, 0.05) is 67.5 Å². The quantitative estimate of drug-likeness (QED) is 0.160. The lowest BCUT2D eigenvalue weighted by atomic mass is 9.78. The normalized spacial score (nSPS) is 19.8. The summed E-state index contributed by atoms with van der Waals surface area (Å²) in [5.41, 5.74) is 2.41. The Balaban J connectivity index is 0.930. The summed E-state index contributed by atoms with van der Waals surface area (Å²) in [4.78, 5) is 44.6. The van der Waals surface area contributed by atoms with Gasteiger partial charge in [0.1, 0.15) is 17.6 Å². The number of aryl methyl sites for hydroxylation is 1. The molecule has 1 unspecified atom stereocenters. The Morgan fingerprint density at radius 1 is 0.868 bits per heavy atom. The molecule has 2 amide bonds. The molecule has 1 atom stereocenters.